The molecular formula is C25H29N6O3+. The molecule has 0 radical (unpaired) electrons. The van der Waals surface area contributed by atoms with E-state index in [2.05, 4.69) is 10.6 Å². The molecular weight excluding hydrogens is 432 g/mol. The van der Waals surface area contributed by atoms with Gasteiger partial charge in [-0.05, 0) is 37.3 Å². The number of hydrogen-bond acceptors (Lipinski definition) is 6. The maximum absolute atomic E-state index is 12.1. The van der Waals surface area contributed by atoms with E-state index in [1.165, 1.54) is 25.7 Å². The zero-order chi connectivity index (χ0) is 23.3. The minimum Gasteiger partial charge on any atom is -0.479 e. The number of aromatic nitrogens is 4. The molecule has 0 atom stereocenters. The van der Waals surface area contributed by atoms with Crippen LogP contribution < -0.4 is 19.9 Å². The van der Waals surface area contributed by atoms with Gasteiger partial charge in [-0.1, -0.05) is 0 Å². The second-order valence-corrected chi connectivity index (χ2v) is 9.54. The lowest BCUT2D eigenvalue weighted by Crippen LogP contribution is -2.48. The minimum atomic E-state index is -0.0916. The van der Waals surface area contributed by atoms with Crippen molar-refractivity contribution in [3.05, 3.63) is 42.1 Å². The van der Waals surface area contributed by atoms with E-state index in [0.717, 1.165) is 35.6 Å². The van der Waals surface area contributed by atoms with E-state index >= 15 is 0 Å². The van der Waals surface area contributed by atoms with Crippen LogP contribution in [0.25, 0.3) is 28.4 Å². The summed E-state index contributed by atoms with van der Waals surface area (Å²) in [6, 6.07) is 6.53. The molecule has 1 saturated carbocycles. The Morgan fingerprint density at radius 2 is 2.15 bits per heavy atom. The van der Waals surface area contributed by atoms with Crippen LogP contribution >= 0.6 is 0 Å². The van der Waals surface area contributed by atoms with Gasteiger partial charge in [0.05, 0.1) is 26.9 Å². The lowest BCUT2D eigenvalue weighted by molar-refractivity contribution is -0.582. The highest BCUT2D eigenvalue weighted by Gasteiger charge is 2.41. The molecule has 1 saturated heterocycles. The summed E-state index contributed by atoms with van der Waals surface area (Å²) in [5.74, 6) is 1.15. The quantitative estimate of drug-likeness (QED) is 0.544. The average molecular weight is 462 g/mol. The predicted octanol–water partition coefficient (Wildman–Crippen LogP) is 1.80. The molecule has 2 fully saturated rings. The third-order valence-corrected chi connectivity index (χ3v) is 7.44. The topological polar surface area (TPSA) is 93.7 Å². The van der Waals surface area contributed by atoms with Gasteiger partial charge in [0, 0.05) is 42.4 Å². The van der Waals surface area contributed by atoms with Crippen molar-refractivity contribution < 1.29 is 18.8 Å². The van der Waals surface area contributed by atoms with Crippen LogP contribution in [0.1, 0.15) is 37.2 Å². The first-order valence-electron chi connectivity index (χ1n) is 11.8. The molecule has 0 unspecified atom stereocenters. The highest BCUT2D eigenvalue weighted by molar-refractivity contribution is 6.23. The van der Waals surface area contributed by atoms with Crippen LogP contribution in [0.15, 0.2) is 30.6 Å². The van der Waals surface area contributed by atoms with Crippen molar-refractivity contribution in [1.82, 2.24) is 25.2 Å². The van der Waals surface area contributed by atoms with Crippen molar-refractivity contribution in [2.45, 2.75) is 38.3 Å². The summed E-state index contributed by atoms with van der Waals surface area (Å²) < 4.78 is 14.9. The Labute approximate surface area is 197 Å². The van der Waals surface area contributed by atoms with E-state index < -0.39 is 0 Å². The van der Waals surface area contributed by atoms with Gasteiger partial charge in [0.2, 0.25) is 11.6 Å². The lowest BCUT2D eigenvalue weighted by Gasteiger charge is -2.46. The van der Waals surface area contributed by atoms with Gasteiger partial charge in [0.1, 0.15) is 5.52 Å². The van der Waals surface area contributed by atoms with Gasteiger partial charge in [-0.3, -0.25) is 4.79 Å². The summed E-state index contributed by atoms with van der Waals surface area (Å²) in [5, 5.41) is 11.1. The lowest BCUT2D eigenvalue weighted by atomic mass is 9.71. The van der Waals surface area contributed by atoms with E-state index in [1.807, 2.05) is 45.9 Å². The first-order chi connectivity index (χ1) is 16.6. The average Bonchev–Trinajstić information content (AvgIpc) is 3.26. The van der Waals surface area contributed by atoms with E-state index in [4.69, 9.17) is 19.6 Å². The largest absolute Gasteiger partial charge is 0.479 e. The van der Waals surface area contributed by atoms with Gasteiger partial charge < -0.3 is 20.1 Å². The fourth-order valence-electron chi connectivity index (χ4n) is 5.29. The summed E-state index contributed by atoms with van der Waals surface area (Å²) in [6.45, 7) is 2.46. The molecule has 1 spiro atoms. The fraction of sp³-hybridized carbons (Fsp3) is 0.440. The Kier molecular flexibility index (Phi) is 5.11. The number of nitrogens with one attached hydrogen (secondary N) is 2. The molecule has 9 heteroatoms. The maximum atomic E-state index is 12.1. The first-order valence-corrected chi connectivity index (χ1v) is 11.8. The van der Waals surface area contributed by atoms with E-state index in [0.29, 0.717) is 35.3 Å². The second-order valence-electron chi connectivity index (χ2n) is 9.54. The smallest absolute Gasteiger partial charge is 0.263 e. The SMILES string of the molecule is CNC(=O)C1=C[n+]2ccc(-c3ccn4nc(CNC5CCC6(CC5)COC6)nc(OC)c34)cc21. The van der Waals surface area contributed by atoms with Gasteiger partial charge in [-0.2, -0.15) is 14.6 Å². The van der Waals surface area contributed by atoms with Crippen LogP contribution in [0.3, 0.4) is 0 Å². The Morgan fingerprint density at radius 3 is 2.85 bits per heavy atom. The molecule has 3 aromatic heterocycles. The van der Waals surface area contributed by atoms with Crippen LogP contribution in [0, 0.1) is 5.41 Å². The van der Waals surface area contributed by atoms with Crippen molar-refractivity contribution in [3.8, 4) is 17.0 Å². The molecule has 0 aromatic carbocycles. The van der Waals surface area contributed by atoms with Crippen molar-refractivity contribution in [3.63, 3.8) is 0 Å². The van der Waals surface area contributed by atoms with E-state index in [1.54, 1.807) is 14.2 Å². The van der Waals surface area contributed by atoms with E-state index in [-0.39, 0.29) is 5.91 Å². The van der Waals surface area contributed by atoms with Crippen LogP contribution in [-0.4, -0.2) is 53.9 Å². The number of amides is 1. The number of likely N-dealkylation sites (N-methyl/N-ethyl adjacent to an activating group) is 1. The number of carbonyl (C=O) groups excluding carboxylic acids is 1. The molecule has 2 aliphatic heterocycles. The van der Waals surface area contributed by atoms with Crippen LogP contribution in [0.2, 0.25) is 0 Å². The normalized spacial score (nSPS) is 18.7. The molecule has 3 aromatic rings. The molecule has 34 heavy (non-hydrogen) atoms. The molecule has 3 aliphatic rings. The Balaban J connectivity index is 1.22. The number of carbonyl (C=O) groups is 1. The maximum Gasteiger partial charge on any atom is 0.263 e. The molecule has 1 aliphatic carbocycles. The number of nitrogens with zero attached hydrogens (tertiary/aromatic N) is 4. The first kappa shape index (κ1) is 21.2. The van der Waals surface area contributed by atoms with Crippen LogP contribution in [-0.2, 0) is 16.1 Å². The minimum absolute atomic E-state index is 0.0916. The van der Waals surface area contributed by atoms with Gasteiger partial charge in [0.25, 0.3) is 5.91 Å². The van der Waals surface area contributed by atoms with Crippen LogP contribution in [0.4, 0.5) is 0 Å². The summed E-state index contributed by atoms with van der Waals surface area (Å²) in [5.41, 5.74) is 4.75. The Bertz CT molecular complexity index is 1300. The highest BCUT2D eigenvalue weighted by Crippen LogP contribution is 2.42. The highest BCUT2D eigenvalue weighted by atomic mass is 16.5. The van der Waals surface area contributed by atoms with Crippen molar-refractivity contribution in [2.24, 2.45) is 5.41 Å². The third-order valence-electron chi connectivity index (χ3n) is 7.44. The monoisotopic (exact) mass is 461 g/mol. The van der Waals surface area contributed by atoms with E-state index in [9.17, 15) is 4.79 Å². The third kappa shape index (κ3) is 3.47. The number of methoxy groups -OCH3 is 1. The Morgan fingerprint density at radius 1 is 1.32 bits per heavy atom. The fourth-order valence-corrected chi connectivity index (χ4v) is 5.29. The molecule has 9 nitrogen and oxygen atoms in total. The number of hydrogen-bond donors (Lipinski definition) is 2. The van der Waals surface area contributed by atoms with Crippen LogP contribution in [0.5, 0.6) is 5.88 Å². The second kappa shape index (κ2) is 8.18. The van der Waals surface area contributed by atoms with Gasteiger partial charge in [-0.15, -0.1) is 0 Å². The van der Waals surface area contributed by atoms with Gasteiger partial charge in [-0.25, -0.2) is 4.52 Å². The summed E-state index contributed by atoms with van der Waals surface area (Å²) in [7, 11) is 3.28. The van der Waals surface area contributed by atoms with Crippen molar-refractivity contribution in [1.29, 1.82) is 0 Å². The number of pyridine rings is 1. The molecule has 5 heterocycles. The zero-order valence-electron chi connectivity index (χ0n) is 19.5. The zero-order valence-corrected chi connectivity index (χ0v) is 19.5. The molecule has 1 amide bonds. The summed E-state index contributed by atoms with van der Waals surface area (Å²) >= 11 is 0. The Hall–Kier alpha value is -3.30. The molecule has 2 N–H and O–H groups in total. The molecule has 6 rings (SSSR count). The summed E-state index contributed by atoms with van der Waals surface area (Å²) in [6.07, 6.45) is 10.5. The van der Waals surface area contributed by atoms with Crippen molar-refractivity contribution >= 4 is 23.2 Å². The number of fused-ring (bicyclic) bond motifs is 2. The standard InChI is InChI=1S/C25H28N6O3/c1-26-23(32)19-13-30-9-5-16(11-20(19)30)18-6-10-31-22(18)24(33-2)28-21(29-31)12-27-17-3-7-25(8-4-17)14-34-15-25/h5-6,9-11,13,17,27H,3-4,7-8,12,14-15H2,1-2H3/p+1. The predicted molar refractivity (Wildman–Crippen MR) is 126 cm³/mol. The van der Waals surface area contributed by atoms with Crippen molar-refractivity contribution in [2.75, 3.05) is 27.4 Å². The number of ether oxygens (including phenoxy) is 2. The molecule has 176 valence electrons. The molecule has 0 bridgehead atoms. The summed E-state index contributed by atoms with van der Waals surface area (Å²) in [4.78, 5) is 16.8. The van der Waals surface area contributed by atoms with Gasteiger partial charge >= 0.3 is 0 Å². The van der Waals surface area contributed by atoms with Gasteiger partial charge in [0.15, 0.2) is 23.8 Å². The number of rotatable bonds is 6.